The van der Waals surface area contributed by atoms with Gasteiger partial charge in [0.15, 0.2) is 12.6 Å². The van der Waals surface area contributed by atoms with E-state index in [0.29, 0.717) is 35.7 Å². The first kappa shape index (κ1) is 22.5. The van der Waals surface area contributed by atoms with Gasteiger partial charge >= 0.3 is 11.9 Å². The van der Waals surface area contributed by atoms with Crippen LogP contribution in [-0.2, 0) is 14.3 Å². The summed E-state index contributed by atoms with van der Waals surface area (Å²) < 4.78 is 10.3. The van der Waals surface area contributed by atoms with E-state index in [-0.39, 0.29) is 18.5 Å². The van der Waals surface area contributed by atoms with E-state index in [4.69, 9.17) is 20.9 Å². The van der Waals surface area contributed by atoms with E-state index >= 15 is 0 Å². The molecule has 0 aromatic heterocycles. The summed E-state index contributed by atoms with van der Waals surface area (Å²) in [6, 6.07) is 12.9. The first-order valence-corrected chi connectivity index (χ1v) is 10.1. The molecule has 0 aliphatic carbocycles. The third-order valence-electron chi connectivity index (χ3n) is 4.66. The van der Waals surface area contributed by atoms with Crippen LogP contribution in [0.3, 0.4) is 0 Å². The minimum absolute atomic E-state index is 0.0710. The van der Waals surface area contributed by atoms with Crippen molar-refractivity contribution in [3.05, 3.63) is 65.7 Å². The molecule has 1 saturated heterocycles. The Bertz CT molecular complexity index is 1020. The summed E-state index contributed by atoms with van der Waals surface area (Å²) in [5, 5.41) is 0. The summed E-state index contributed by atoms with van der Waals surface area (Å²) in [6.07, 6.45) is 4.76. The van der Waals surface area contributed by atoms with Gasteiger partial charge in [-0.15, -0.1) is 0 Å². The molecule has 9 nitrogen and oxygen atoms in total. The number of carbonyl (C=O) groups is 3. The molecule has 0 radical (unpaired) electrons. The van der Waals surface area contributed by atoms with Gasteiger partial charge in [-0.05, 0) is 60.9 Å². The molecule has 9 heteroatoms. The average molecular weight is 436 g/mol. The average Bonchev–Trinajstić information content (AvgIpc) is 3.32. The van der Waals surface area contributed by atoms with E-state index in [1.807, 2.05) is 0 Å². The predicted molar refractivity (Wildman–Crippen MR) is 119 cm³/mol. The fourth-order valence-electron chi connectivity index (χ4n) is 3.04. The van der Waals surface area contributed by atoms with Gasteiger partial charge in [-0.2, -0.15) is 0 Å². The van der Waals surface area contributed by atoms with Crippen LogP contribution in [0.4, 0.5) is 5.69 Å². The highest BCUT2D eigenvalue weighted by Gasteiger charge is 2.18. The highest BCUT2D eigenvalue weighted by atomic mass is 16.5. The van der Waals surface area contributed by atoms with Crippen molar-refractivity contribution in [3.8, 4) is 5.75 Å². The lowest BCUT2D eigenvalue weighted by Crippen LogP contribution is -2.31. The lowest BCUT2D eigenvalue weighted by Gasteiger charge is -2.14. The Morgan fingerprint density at radius 2 is 1.62 bits per heavy atom. The number of amides is 1. The Kier molecular flexibility index (Phi) is 7.58. The summed E-state index contributed by atoms with van der Waals surface area (Å²) in [6.45, 7) is 1.17. The molecule has 32 heavy (non-hydrogen) atoms. The standard InChI is InChI=1S/C23H24N4O5/c24-23(25)26-18-8-6-17(7-9-18)22(30)32-19-10-3-16(4-11-19)5-12-21(29)31-15-20(28)27-13-1-2-14-27/h3-12H,1-2,13-15H2,(H4,24,25,26)/b12-5+. The molecule has 1 fully saturated rings. The molecule has 0 unspecified atom stereocenters. The molecule has 1 amide bonds. The van der Waals surface area contributed by atoms with Crippen LogP contribution in [0.5, 0.6) is 5.75 Å². The number of likely N-dealkylation sites (tertiary alicyclic amines) is 1. The van der Waals surface area contributed by atoms with Crippen LogP contribution < -0.4 is 16.2 Å². The topological polar surface area (TPSA) is 137 Å². The molecular weight excluding hydrogens is 412 g/mol. The molecule has 1 heterocycles. The quantitative estimate of drug-likeness (QED) is 0.223. The van der Waals surface area contributed by atoms with Gasteiger partial charge < -0.3 is 25.8 Å². The lowest BCUT2D eigenvalue weighted by atomic mass is 10.2. The van der Waals surface area contributed by atoms with Gasteiger partial charge in [0, 0.05) is 19.2 Å². The molecule has 166 valence electrons. The highest BCUT2D eigenvalue weighted by molar-refractivity contribution is 5.92. The van der Waals surface area contributed by atoms with E-state index in [9.17, 15) is 14.4 Å². The summed E-state index contributed by atoms with van der Waals surface area (Å²) in [5.74, 6) is -1.04. The van der Waals surface area contributed by atoms with E-state index in [0.717, 1.165) is 12.8 Å². The molecule has 4 N–H and O–H groups in total. The van der Waals surface area contributed by atoms with E-state index < -0.39 is 11.9 Å². The highest BCUT2D eigenvalue weighted by Crippen LogP contribution is 2.17. The minimum Gasteiger partial charge on any atom is -0.452 e. The van der Waals surface area contributed by atoms with E-state index in [2.05, 4.69) is 4.99 Å². The van der Waals surface area contributed by atoms with Crippen LogP contribution >= 0.6 is 0 Å². The van der Waals surface area contributed by atoms with Crippen molar-refractivity contribution in [1.82, 2.24) is 4.90 Å². The van der Waals surface area contributed by atoms with Crippen LogP contribution in [0.25, 0.3) is 6.08 Å². The molecule has 2 aromatic rings. The number of carbonyl (C=O) groups excluding carboxylic acids is 3. The second-order valence-electron chi connectivity index (χ2n) is 7.07. The molecule has 1 aliphatic heterocycles. The molecule has 0 bridgehead atoms. The van der Waals surface area contributed by atoms with Crippen molar-refractivity contribution in [1.29, 1.82) is 0 Å². The molecule has 0 atom stereocenters. The first-order chi connectivity index (χ1) is 15.4. The summed E-state index contributed by atoms with van der Waals surface area (Å²) in [5.41, 5.74) is 12.2. The Balaban J connectivity index is 1.48. The fraction of sp³-hybridized carbons (Fsp3) is 0.217. The Hall–Kier alpha value is -4.14. The number of hydrogen-bond acceptors (Lipinski definition) is 6. The van der Waals surface area contributed by atoms with Crippen molar-refractivity contribution >= 4 is 35.6 Å². The number of rotatable bonds is 7. The number of aliphatic imine (C=N–C) groups is 1. The number of hydrogen-bond donors (Lipinski definition) is 2. The summed E-state index contributed by atoms with van der Waals surface area (Å²) in [4.78, 5) is 41.5. The molecule has 0 saturated carbocycles. The summed E-state index contributed by atoms with van der Waals surface area (Å²) >= 11 is 0. The molecule has 0 spiro atoms. The monoisotopic (exact) mass is 436 g/mol. The third-order valence-corrected chi connectivity index (χ3v) is 4.66. The van der Waals surface area contributed by atoms with Gasteiger partial charge in [0.1, 0.15) is 5.75 Å². The second-order valence-corrected chi connectivity index (χ2v) is 7.07. The Morgan fingerprint density at radius 1 is 0.969 bits per heavy atom. The van der Waals surface area contributed by atoms with E-state index in [1.165, 1.54) is 6.08 Å². The van der Waals surface area contributed by atoms with E-state index in [1.54, 1.807) is 59.5 Å². The minimum atomic E-state index is -0.600. The molecular formula is C23H24N4O5. The zero-order valence-electron chi connectivity index (χ0n) is 17.4. The molecule has 3 rings (SSSR count). The number of benzene rings is 2. The van der Waals surface area contributed by atoms with Crippen molar-refractivity contribution in [3.63, 3.8) is 0 Å². The van der Waals surface area contributed by atoms with Crippen LogP contribution in [0.2, 0.25) is 0 Å². The lowest BCUT2D eigenvalue weighted by molar-refractivity contribution is -0.147. The Morgan fingerprint density at radius 3 is 2.25 bits per heavy atom. The van der Waals surface area contributed by atoms with Gasteiger partial charge in [-0.3, -0.25) is 4.79 Å². The van der Waals surface area contributed by atoms with Crippen molar-refractivity contribution in [2.75, 3.05) is 19.7 Å². The smallest absolute Gasteiger partial charge is 0.343 e. The normalized spacial score (nSPS) is 13.1. The van der Waals surface area contributed by atoms with Crippen molar-refractivity contribution in [2.24, 2.45) is 16.5 Å². The van der Waals surface area contributed by atoms with Gasteiger partial charge in [-0.1, -0.05) is 12.1 Å². The fourth-order valence-corrected chi connectivity index (χ4v) is 3.04. The van der Waals surface area contributed by atoms with Gasteiger partial charge in [0.2, 0.25) is 0 Å². The Labute approximate surface area is 185 Å². The van der Waals surface area contributed by atoms with Gasteiger partial charge in [0.05, 0.1) is 11.3 Å². The number of nitrogens with two attached hydrogens (primary N) is 2. The number of esters is 2. The maximum atomic E-state index is 12.3. The number of guanidine groups is 1. The van der Waals surface area contributed by atoms with Crippen LogP contribution in [-0.4, -0.2) is 48.4 Å². The van der Waals surface area contributed by atoms with Crippen molar-refractivity contribution in [2.45, 2.75) is 12.8 Å². The summed E-state index contributed by atoms with van der Waals surface area (Å²) in [7, 11) is 0. The SMILES string of the molecule is NC(N)=Nc1ccc(C(=O)Oc2ccc(/C=C/C(=O)OCC(=O)N3CCCC3)cc2)cc1. The van der Waals surface area contributed by atoms with Crippen LogP contribution in [0.15, 0.2) is 59.6 Å². The number of nitrogens with zero attached hydrogens (tertiary/aromatic N) is 2. The zero-order valence-corrected chi connectivity index (χ0v) is 17.4. The predicted octanol–water partition coefficient (Wildman–Crippen LogP) is 1.99. The molecule has 1 aliphatic rings. The van der Waals surface area contributed by atoms with Crippen molar-refractivity contribution < 1.29 is 23.9 Å². The first-order valence-electron chi connectivity index (χ1n) is 10.1. The van der Waals surface area contributed by atoms with Gasteiger partial charge in [-0.25, -0.2) is 14.6 Å². The maximum absolute atomic E-state index is 12.3. The largest absolute Gasteiger partial charge is 0.452 e. The maximum Gasteiger partial charge on any atom is 0.343 e. The van der Waals surface area contributed by atoms with Crippen LogP contribution in [0, 0.1) is 0 Å². The van der Waals surface area contributed by atoms with Crippen LogP contribution in [0.1, 0.15) is 28.8 Å². The molecule has 2 aromatic carbocycles. The number of ether oxygens (including phenoxy) is 2. The third kappa shape index (κ3) is 6.69. The second kappa shape index (κ2) is 10.8. The van der Waals surface area contributed by atoms with Gasteiger partial charge in [0.25, 0.3) is 5.91 Å². The zero-order chi connectivity index (χ0) is 22.9.